The Morgan fingerprint density at radius 2 is 2.11 bits per heavy atom. The molecule has 19 heavy (non-hydrogen) atoms. The number of hydrogen-bond acceptors (Lipinski definition) is 4. The maximum absolute atomic E-state index is 4.33. The van der Waals surface area contributed by atoms with E-state index < -0.39 is 0 Å². The third-order valence-electron chi connectivity index (χ3n) is 3.82. The van der Waals surface area contributed by atoms with Crippen LogP contribution in [0.4, 0.5) is 5.69 Å². The Hall–Kier alpha value is -1.39. The Kier molecular flexibility index (Phi) is 3.53. The zero-order valence-corrected chi connectivity index (χ0v) is 12.2. The number of likely N-dealkylation sites (N-methyl/N-ethyl adjacent to an activating group) is 1. The zero-order valence-electron chi connectivity index (χ0n) is 11.3. The van der Waals surface area contributed by atoms with Gasteiger partial charge in [-0.2, -0.15) is 0 Å². The van der Waals surface area contributed by atoms with Crippen molar-refractivity contribution in [1.29, 1.82) is 0 Å². The fraction of sp³-hybridized carbons (Fsp3) is 0.400. The number of anilines is 1. The zero-order chi connectivity index (χ0) is 13.2. The predicted octanol–water partition coefficient (Wildman–Crippen LogP) is 3.31. The Bertz CT molecular complexity index is 511. The Balaban J connectivity index is 1.67. The molecule has 3 rings (SSSR count). The summed E-state index contributed by atoms with van der Waals surface area (Å²) in [5.74, 6) is 0. The molecule has 1 N–H and O–H groups in total. The number of benzene rings is 1. The Morgan fingerprint density at radius 3 is 2.68 bits per heavy atom. The number of hydrogen-bond donors (Lipinski definition) is 1. The van der Waals surface area contributed by atoms with E-state index in [0.717, 1.165) is 11.6 Å². The molecule has 4 heteroatoms. The van der Waals surface area contributed by atoms with Gasteiger partial charge in [-0.3, -0.25) is 0 Å². The second-order valence-corrected chi connectivity index (χ2v) is 6.17. The smallest absolute Gasteiger partial charge is 0.123 e. The maximum atomic E-state index is 4.33. The first-order chi connectivity index (χ1) is 9.22. The first-order valence-corrected chi connectivity index (χ1v) is 7.57. The van der Waals surface area contributed by atoms with Crippen molar-refractivity contribution in [1.82, 2.24) is 9.88 Å². The van der Waals surface area contributed by atoms with Crippen LogP contribution >= 0.6 is 11.3 Å². The van der Waals surface area contributed by atoms with Gasteiger partial charge in [-0.25, -0.2) is 4.98 Å². The lowest BCUT2D eigenvalue weighted by molar-refractivity contribution is 0.330. The van der Waals surface area contributed by atoms with Gasteiger partial charge in [0.15, 0.2) is 0 Å². The van der Waals surface area contributed by atoms with Gasteiger partial charge in [-0.1, -0.05) is 0 Å². The molecule has 1 fully saturated rings. The molecule has 2 aromatic rings. The summed E-state index contributed by atoms with van der Waals surface area (Å²) in [6, 6.07) is 9.82. The highest BCUT2D eigenvalue weighted by molar-refractivity contribution is 7.13. The predicted molar refractivity (Wildman–Crippen MR) is 81.7 cm³/mol. The van der Waals surface area contributed by atoms with Gasteiger partial charge in [0.1, 0.15) is 5.01 Å². The number of rotatable bonds is 3. The third-order valence-corrected chi connectivity index (χ3v) is 4.64. The van der Waals surface area contributed by atoms with Crippen LogP contribution in [-0.2, 0) is 0 Å². The first kappa shape index (κ1) is 12.6. The molecule has 1 aliphatic heterocycles. The molecule has 3 nitrogen and oxygen atoms in total. The van der Waals surface area contributed by atoms with Crippen molar-refractivity contribution in [2.75, 3.05) is 18.9 Å². The molecule has 1 saturated heterocycles. The minimum atomic E-state index is 0.561. The number of aromatic nitrogens is 1. The summed E-state index contributed by atoms with van der Waals surface area (Å²) in [5, 5.41) is 6.71. The molecule has 0 radical (unpaired) electrons. The van der Waals surface area contributed by atoms with E-state index in [4.69, 9.17) is 0 Å². The van der Waals surface area contributed by atoms with Gasteiger partial charge in [-0.15, -0.1) is 11.3 Å². The topological polar surface area (TPSA) is 28.2 Å². The molecule has 1 aromatic heterocycles. The third kappa shape index (κ3) is 2.80. The van der Waals surface area contributed by atoms with Gasteiger partial charge in [0.25, 0.3) is 0 Å². The van der Waals surface area contributed by atoms with Crippen LogP contribution in [0.25, 0.3) is 10.6 Å². The second-order valence-electron chi connectivity index (χ2n) is 5.28. The lowest BCUT2D eigenvalue weighted by Gasteiger charge is -2.14. The number of likely N-dealkylation sites (tertiary alicyclic amines) is 1. The van der Waals surface area contributed by atoms with E-state index in [9.17, 15) is 0 Å². The highest BCUT2D eigenvalue weighted by Gasteiger charge is 2.25. The van der Waals surface area contributed by atoms with Crippen LogP contribution in [0.5, 0.6) is 0 Å². The summed E-state index contributed by atoms with van der Waals surface area (Å²) in [4.78, 5) is 6.74. The molecule has 0 amide bonds. The van der Waals surface area contributed by atoms with Crippen LogP contribution < -0.4 is 5.32 Å². The average Bonchev–Trinajstić information content (AvgIpc) is 3.02. The van der Waals surface area contributed by atoms with Gasteiger partial charge in [0.05, 0.1) is 0 Å². The van der Waals surface area contributed by atoms with Crippen LogP contribution in [0.2, 0.25) is 0 Å². The maximum Gasteiger partial charge on any atom is 0.123 e. The highest BCUT2D eigenvalue weighted by Crippen LogP contribution is 2.25. The minimum Gasteiger partial charge on any atom is -0.381 e. The fourth-order valence-corrected chi connectivity index (χ4v) is 3.25. The van der Waals surface area contributed by atoms with E-state index in [1.807, 2.05) is 11.6 Å². The minimum absolute atomic E-state index is 0.561. The monoisotopic (exact) mass is 273 g/mol. The average molecular weight is 273 g/mol. The molecule has 2 heterocycles. The largest absolute Gasteiger partial charge is 0.381 e. The second kappa shape index (κ2) is 5.31. The van der Waals surface area contributed by atoms with E-state index in [-0.39, 0.29) is 0 Å². The summed E-state index contributed by atoms with van der Waals surface area (Å²) >= 11 is 1.68. The highest BCUT2D eigenvalue weighted by atomic mass is 32.1. The summed E-state index contributed by atoms with van der Waals surface area (Å²) in [6.45, 7) is 3.41. The summed E-state index contributed by atoms with van der Waals surface area (Å²) in [6.07, 6.45) is 3.06. The lowest BCUT2D eigenvalue weighted by Crippen LogP contribution is -2.24. The molecular weight excluding hydrogens is 254 g/mol. The molecule has 0 spiro atoms. The normalized spacial score (nSPS) is 23.7. The van der Waals surface area contributed by atoms with Crippen LogP contribution in [-0.4, -0.2) is 35.6 Å². The standard InChI is InChI=1S/C15H19N3S/c1-11-9-14(10-18(11)2)17-13-5-3-12(4-6-13)15-16-7-8-19-15/h3-8,11,14,17H,9-10H2,1-2H3. The SMILES string of the molecule is CC1CC(Nc2ccc(-c3nccs3)cc2)CN1C. The Labute approximate surface area is 118 Å². The van der Waals surface area contributed by atoms with E-state index in [0.29, 0.717) is 12.1 Å². The van der Waals surface area contributed by atoms with Crippen LogP contribution in [0.15, 0.2) is 35.8 Å². The first-order valence-electron chi connectivity index (χ1n) is 6.69. The van der Waals surface area contributed by atoms with Crippen molar-refractivity contribution in [3.05, 3.63) is 35.8 Å². The van der Waals surface area contributed by atoms with Crippen molar-refractivity contribution in [3.63, 3.8) is 0 Å². The molecular formula is C15H19N3S. The van der Waals surface area contributed by atoms with Crippen molar-refractivity contribution >= 4 is 17.0 Å². The molecule has 0 aliphatic carbocycles. The quantitative estimate of drug-likeness (QED) is 0.930. The Morgan fingerprint density at radius 1 is 1.32 bits per heavy atom. The van der Waals surface area contributed by atoms with E-state index >= 15 is 0 Å². The summed E-state index contributed by atoms with van der Waals surface area (Å²) in [7, 11) is 2.19. The van der Waals surface area contributed by atoms with Gasteiger partial charge >= 0.3 is 0 Å². The van der Waals surface area contributed by atoms with E-state index in [1.165, 1.54) is 17.7 Å². The van der Waals surface area contributed by atoms with E-state index in [2.05, 4.69) is 53.4 Å². The summed E-state index contributed by atoms with van der Waals surface area (Å²) in [5.41, 5.74) is 2.39. The van der Waals surface area contributed by atoms with Crippen LogP contribution in [0.1, 0.15) is 13.3 Å². The van der Waals surface area contributed by atoms with Gasteiger partial charge in [0, 0.05) is 41.5 Å². The van der Waals surface area contributed by atoms with Gasteiger partial charge < -0.3 is 10.2 Å². The number of nitrogens with zero attached hydrogens (tertiary/aromatic N) is 2. The van der Waals surface area contributed by atoms with Gasteiger partial charge in [-0.05, 0) is 44.7 Å². The van der Waals surface area contributed by atoms with Crippen LogP contribution in [0, 0.1) is 0 Å². The van der Waals surface area contributed by atoms with Crippen molar-refractivity contribution in [3.8, 4) is 10.6 Å². The molecule has 2 unspecified atom stereocenters. The number of thiazole rings is 1. The van der Waals surface area contributed by atoms with Crippen molar-refractivity contribution in [2.24, 2.45) is 0 Å². The molecule has 100 valence electrons. The fourth-order valence-electron chi connectivity index (χ4n) is 2.61. The molecule has 0 bridgehead atoms. The van der Waals surface area contributed by atoms with E-state index in [1.54, 1.807) is 11.3 Å². The molecule has 2 atom stereocenters. The molecule has 0 saturated carbocycles. The van der Waals surface area contributed by atoms with Crippen molar-refractivity contribution < 1.29 is 0 Å². The molecule has 1 aliphatic rings. The van der Waals surface area contributed by atoms with Crippen LogP contribution in [0.3, 0.4) is 0 Å². The lowest BCUT2D eigenvalue weighted by atomic mass is 10.1. The number of nitrogens with one attached hydrogen (secondary N) is 1. The van der Waals surface area contributed by atoms with Gasteiger partial charge in [0.2, 0.25) is 0 Å². The summed E-state index contributed by atoms with van der Waals surface area (Å²) < 4.78 is 0. The molecule has 1 aromatic carbocycles. The van der Waals surface area contributed by atoms with Crippen molar-refractivity contribution in [2.45, 2.75) is 25.4 Å².